The zero-order valence-corrected chi connectivity index (χ0v) is 19.6. The molecule has 1 aliphatic rings. The minimum absolute atomic E-state index is 0.00373. The Hall–Kier alpha value is -3.68. The Bertz CT molecular complexity index is 1320. The number of halogens is 2. The monoisotopic (exact) mass is 499 g/mol. The predicted octanol–water partition coefficient (Wildman–Crippen LogP) is 5.34. The Balaban J connectivity index is 1.97. The first kappa shape index (κ1) is 23.5. The maximum atomic E-state index is 13.2. The van der Waals surface area contributed by atoms with Crippen molar-refractivity contribution in [2.45, 2.75) is 6.04 Å². The number of aliphatic hydroxyl groups excluding tert-OH is 1. The van der Waals surface area contributed by atoms with Crippen LogP contribution >= 0.6 is 23.2 Å². The van der Waals surface area contributed by atoms with Crippen LogP contribution in [-0.4, -0.2) is 36.1 Å². The summed E-state index contributed by atoms with van der Waals surface area (Å²) in [6.45, 7) is 0. The van der Waals surface area contributed by atoms with Crippen LogP contribution in [0.1, 0.15) is 17.2 Å². The largest absolute Gasteiger partial charge is 0.508 e. The molecular weight excluding hydrogens is 481 g/mol. The number of nitrogens with zero attached hydrogens (tertiary/aromatic N) is 1. The molecule has 1 aliphatic heterocycles. The number of rotatable bonds is 5. The molecule has 1 saturated heterocycles. The number of ether oxygens (including phenoxy) is 2. The second-order valence-corrected chi connectivity index (χ2v) is 8.24. The van der Waals surface area contributed by atoms with Crippen molar-refractivity contribution in [3.8, 4) is 17.2 Å². The lowest BCUT2D eigenvalue weighted by Gasteiger charge is -2.26. The molecule has 34 heavy (non-hydrogen) atoms. The molecule has 3 aromatic carbocycles. The normalized spacial score (nSPS) is 17.2. The van der Waals surface area contributed by atoms with Gasteiger partial charge in [-0.15, -0.1) is 0 Å². The number of anilines is 1. The SMILES string of the molecule is COc1ccc(Cl)c(/C(O)=C2\C(=O)C(=O)N(c3ccc(OC)c(Cl)c3)C2c2ccc(O)cc2)c1. The topological polar surface area (TPSA) is 96.3 Å². The molecule has 0 aliphatic carbocycles. The molecule has 1 amide bonds. The second kappa shape index (κ2) is 9.29. The summed E-state index contributed by atoms with van der Waals surface area (Å²) in [6, 6.07) is 14.2. The number of hydrogen-bond acceptors (Lipinski definition) is 6. The van der Waals surface area contributed by atoms with E-state index in [-0.39, 0.29) is 26.9 Å². The first-order valence-electron chi connectivity index (χ1n) is 10.0. The van der Waals surface area contributed by atoms with E-state index in [1.165, 1.54) is 49.5 Å². The molecule has 1 unspecified atom stereocenters. The van der Waals surface area contributed by atoms with Gasteiger partial charge in [0.15, 0.2) is 0 Å². The maximum Gasteiger partial charge on any atom is 0.300 e. The van der Waals surface area contributed by atoms with Crippen molar-refractivity contribution in [2.24, 2.45) is 0 Å². The number of amides is 1. The van der Waals surface area contributed by atoms with Crippen molar-refractivity contribution < 1.29 is 29.3 Å². The Labute approximate surface area is 205 Å². The summed E-state index contributed by atoms with van der Waals surface area (Å²) in [4.78, 5) is 27.7. The summed E-state index contributed by atoms with van der Waals surface area (Å²) < 4.78 is 10.4. The number of aromatic hydroxyl groups is 1. The van der Waals surface area contributed by atoms with E-state index in [0.29, 0.717) is 22.7 Å². The third kappa shape index (κ3) is 4.04. The smallest absolute Gasteiger partial charge is 0.300 e. The van der Waals surface area contributed by atoms with Crippen LogP contribution in [0.2, 0.25) is 10.0 Å². The van der Waals surface area contributed by atoms with Gasteiger partial charge in [-0.2, -0.15) is 0 Å². The molecule has 0 bridgehead atoms. The molecule has 174 valence electrons. The van der Waals surface area contributed by atoms with Crippen molar-refractivity contribution in [3.63, 3.8) is 0 Å². The van der Waals surface area contributed by atoms with Crippen molar-refractivity contribution >= 4 is 46.3 Å². The second-order valence-electron chi connectivity index (χ2n) is 7.43. The fourth-order valence-electron chi connectivity index (χ4n) is 3.83. The van der Waals surface area contributed by atoms with Gasteiger partial charge in [0.25, 0.3) is 11.7 Å². The number of hydrogen-bond donors (Lipinski definition) is 2. The van der Waals surface area contributed by atoms with Gasteiger partial charge in [0.1, 0.15) is 23.0 Å². The number of aliphatic hydroxyl groups is 1. The van der Waals surface area contributed by atoms with E-state index in [4.69, 9.17) is 32.7 Å². The summed E-state index contributed by atoms with van der Waals surface area (Å²) in [5.74, 6) is -1.41. The molecule has 0 saturated carbocycles. The zero-order valence-electron chi connectivity index (χ0n) is 18.1. The maximum absolute atomic E-state index is 13.2. The van der Waals surface area contributed by atoms with Crippen LogP contribution in [0, 0.1) is 0 Å². The standard InChI is InChI=1S/C25H19Cl2NO6/c1-33-16-8-9-18(26)17(12-16)23(30)21-22(13-3-6-15(29)7-4-13)28(25(32)24(21)31)14-5-10-20(34-2)19(27)11-14/h3-12,22,29-30H,1-2H3/b23-21+. The highest BCUT2D eigenvalue weighted by Gasteiger charge is 2.47. The molecule has 0 radical (unpaired) electrons. The van der Waals surface area contributed by atoms with Crippen LogP contribution in [0.3, 0.4) is 0 Å². The number of benzene rings is 3. The quantitative estimate of drug-likeness (QED) is 0.279. The lowest BCUT2D eigenvalue weighted by atomic mass is 9.95. The van der Waals surface area contributed by atoms with Crippen molar-refractivity contribution in [1.82, 2.24) is 0 Å². The van der Waals surface area contributed by atoms with Crippen LogP contribution < -0.4 is 14.4 Å². The number of phenolic OH excluding ortho intramolecular Hbond substituents is 1. The lowest BCUT2D eigenvalue weighted by molar-refractivity contribution is -0.132. The summed E-state index contributed by atoms with van der Waals surface area (Å²) in [5, 5.41) is 21.4. The van der Waals surface area contributed by atoms with Gasteiger partial charge in [-0.1, -0.05) is 35.3 Å². The first-order valence-corrected chi connectivity index (χ1v) is 10.8. The average Bonchev–Trinajstić information content (AvgIpc) is 3.09. The highest BCUT2D eigenvalue weighted by molar-refractivity contribution is 6.52. The van der Waals surface area contributed by atoms with Crippen molar-refractivity contribution in [3.05, 3.63) is 87.4 Å². The van der Waals surface area contributed by atoms with Gasteiger partial charge >= 0.3 is 0 Å². The third-order valence-corrected chi connectivity index (χ3v) is 6.12. The molecule has 9 heteroatoms. The van der Waals surface area contributed by atoms with E-state index in [2.05, 4.69) is 0 Å². The Morgan fingerprint density at radius 1 is 0.912 bits per heavy atom. The molecule has 7 nitrogen and oxygen atoms in total. The van der Waals surface area contributed by atoms with Gasteiger partial charge < -0.3 is 19.7 Å². The van der Waals surface area contributed by atoms with E-state index in [1.54, 1.807) is 30.3 Å². The Kier molecular flexibility index (Phi) is 6.41. The van der Waals surface area contributed by atoms with E-state index in [1.807, 2.05) is 0 Å². The van der Waals surface area contributed by atoms with Gasteiger partial charge in [-0.05, 0) is 54.1 Å². The number of phenols is 1. The fourth-order valence-corrected chi connectivity index (χ4v) is 4.29. The molecule has 1 heterocycles. The number of carbonyl (C=O) groups is 2. The third-order valence-electron chi connectivity index (χ3n) is 5.50. The Morgan fingerprint density at radius 3 is 2.24 bits per heavy atom. The number of Topliss-reactive ketones (excluding diaryl/α,β-unsaturated/α-hetero) is 1. The molecule has 3 aromatic rings. The van der Waals surface area contributed by atoms with Gasteiger partial charge in [0.2, 0.25) is 0 Å². The molecule has 0 spiro atoms. The van der Waals surface area contributed by atoms with Crippen LogP contribution in [0.25, 0.3) is 5.76 Å². The molecule has 1 atom stereocenters. The van der Waals surface area contributed by atoms with Gasteiger partial charge in [-0.25, -0.2) is 0 Å². The van der Waals surface area contributed by atoms with E-state index >= 15 is 0 Å². The van der Waals surface area contributed by atoms with Crippen LogP contribution in [0.15, 0.2) is 66.2 Å². The van der Waals surface area contributed by atoms with Crippen molar-refractivity contribution in [1.29, 1.82) is 0 Å². The van der Waals surface area contributed by atoms with E-state index in [0.717, 1.165) is 0 Å². The number of carbonyl (C=O) groups excluding carboxylic acids is 2. The molecule has 0 aromatic heterocycles. The number of ketones is 1. The highest BCUT2D eigenvalue weighted by atomic mass is 35.5. The fraction of sp³-hybridized carbons (Fsp3) is 0.120. The summed E-state index contributed by atoms with van der Waals surface area (Å²) in [5.41, 5.74) is 0.764. The number of methoxy groups -OCH3 is 2. The molecule has 2 N–H and O–H groups in total. The highest BCUT2D eigenvalue weighted by Crippen LogP contribution is 2.44. The van der Waals surface area contributed by atoms with E-state index in [9.17, 15) is 19.8 Å². The van der Waals surface area contributed by atoms with Crippen molar-refractivity contribution in [2.75, 3.05) is 19.1 Å². The lowest BCUT2D eigenvalue weighted by Crippen LogP contribution is -2.29. The van der Waals surface area contributed by atoms with E-state index < -0.39 is 23.5 Å². The van der Waals surface area contributed by atoms with Crippen LogP contribution in [0.5, 0.6) is 17.2 Å². The van der Waals surface area contributed by atoms with Gasteiger partial charge in [0, 0.05) is 11.3 Å². The van der Waals surface area contributed by atoms with Crippen LogP contribution in [-0.2, 0) is 9.59 Å². The van der Waals surface area contributed by atoms with Crippen LogP contribution in [0.4, 0.5) is 5.69 Å². The molecular formula is C25H19Cl2NO6. The summed E-state index contributed by atoms with van der Waals surface area (Å²) in [7, 11) is 2.91. The first-order chi connectivity index (χ1) is 16.3. The molecule has 1 fully saturated rings. The zero-order chi connectivity index (χ0) is 24.6. The minimum Gasteiger partial charge on any atom is -0.508 e. The Morgan fingerprint density at radius 2 is 1.62 bits per heavy atom. The van der Waals surface area contributed by atoms with Gasteiger partial charge in [-0.3, -0.25) is 14.5 Å². The average molecular weight is 500 g/mol. The van der Waals surface area contributed by atoms with Gasteiger partial charge in [0.05, 0.1) is 35.9 Å². The summed E-state index contributed by atoms with van der Waals surface area (Å²) >= 11 is 12.6. The predicted molar refractivity (Wildman–Crippen MR) is 129 cm³/mol. The molecule has 4 rings (SSSR count). The minimum atomic E-state index is -1.02. The summed E-state index contributed by atoms with van der Waals surface area (Å²) in [6.07, 6.45) is 0.